The molecular formula is C20H18ClF6NO3. The van der Waals surface area contributed by atoms with Crippen LogP contribution in [0.2, 0.25) is 5.02 Å². The van der Waals surface area contributed by atoms with Crippen LogP contribution in [0.25, 0.3) is 0 Å². The maximum atomic E-state index is 13.1. The Morgan fingerprint density at radius 2 is 1.61 bits per heavy atom. The first-order chi connectivity index (χ1) is 14.3. The first kappa shape index (κ1) is 24.8. The zero-order valence-electron chi connectivity index (χ0n) is 16.1. The molecule has 2 aromatic rings. The third kappa shape index (κ3) is 5.62. The molecule has 0 aromatic heterocycles. The smallest absolute Gasteiger partial charge is 0.430 e. The van der Waals surface area contributed by atoms with Gasteiger partial charge in [0.2, 0.25) is 0 Å². The number of carbonyl (C=O) groups is 1. The highest BCUT2D eigenvalue weighted by atomic mass is 35.5. The van der Waals surface area contributed by atoms with Crippen LogP contribution in [-0.2, 0) is 21.7 Å². The molecular weight excluding hydrogens is 452 g/mol. The van der Waals surface area contributed by atoms with E-state index in [-0.39, 0.29) is 25.4 Å². The Morgan fingerprint density at radius 3 is 2.10 bits per heavy atom. The number of benzene rings is 2. The highest BCUT2D eigenvalue weighted by Gasteiger charge is 2.71. The number of halogens is 7. The lowest BCUT2D eigenvalue weighted by Crippen LogP contribution is -2.53. The number of carbonyl (C=O) groups excluding carboxylic acids is 1. The molecule has 2 aromatic carbocycles. The van der Waals surface area contributed by atoms with Gasteiger partial charge in [0.05, 0.1) is 6.61 Å². The van der Waals surface area contributed by atoms with E-state index in [9.17, 15) is 36.2 Å². The van der Waals surface area contributed by atoms with Gasteiger partial charge in [0.25, 0.3) is 5.60 Å². The summed E-state index contributed by atoms with van der Waals surface area (Å²) in [6.07, 6.45) is -12.0. The minimum Gasteiger partial charge on any atom is -0.465 e. The third-order valence-electron chi connectivity index (χ3n) is 4.36. The lowest BCUT2D eigenvalue weighted by atomic mass is 9.92. The van der Waals surface area contributed by atoms with Gasteiger partial charge in [-0.25, -0.2) is 0 Å². The van der Waals surface area contributed by atoms with Crippen LogP contribution in [0.3, 0.4) is 0 Å². The van der Waals surface area contributed by atoms with Crippen molar-refractivity contribution in [3.63, 3.8) is 0 Å². The van der Waals surface area contributed by atoms with Crippen LogP contribution in [0.15, 0.2) is 48.5 Å². The van der Waals surface area contributed by atoms with Gasteiger partial charge < -0.3 is 14.7 Å². The Bertz CT molecular complexity index is 885. The fraction of sp³-hybridized carbons (Fsp3) is 0.350. The molecule has 0 saturated carbocycles. The van der Waals surface area contributed by atoms with Crippen LogP contribution < -0.4 is 4.90 Å². The molecule has 170 valence electrons. The van der Waals surface area contributed by atoms with Gasteiger partial charge in [-0.3, -0.25) is 4.79 Å². The molecule has 0 saturated heterocycles. The second-order valence-electron chi connectivity index (χ2n) is 6.54. The number of aliphatic hydroxyl groups is 1. The zero-order valence-corrected chi connectivity index (χ0v) is 16.9. The third-order valence-corrected chi connectivity index (χ3v) is 4.59. The van der Waals surface area contributed by atoms with E-state index in [4.69, 9.17) is 16.3 Å². The molecule has 2 rings (SSSR count). The lowest BCUT2D eigenvalue weighted by Gasteiger charge is -2.33. The van der Waals surface area contributed by atoms with Crippen molar-refractivity contribution in [2.24, 2.45) is 0 Å². The molecule has 4 nitrogen and oxygen atoms in total. The summed E-state index contributed by atoms with van der Waals surface area (Å²) in [6, 6.07) is 9.51. The molecule has 0 heterocycles. The Balaban J connectivity index is 2.42. The van der Waals surface area contributed by atoms with Crippen molar-refractivity contribution in [2.45, 2.75) is 31.4 Å². The largest absolute Gasteiger partial charge is 0.465 e. The summed E-state index contributed by atoms with van der Waals surface area (Å²) in [5.74, 6) is -0.643. The quantitative estimate of drug-likeness (QED) is 0.446. The first-order valence-corrected chi connectivity index (χ1v) is 9.28. The Labute approximate surface area is 179 Å². The summed E-state index contributed by atoms with van der Waals surface area (Å²) in [7, 11) is 0. The van der Waals surface area contributed by atoms with Crippen molar-refractivity contribution in [1.29, 1.82) is 0 Å². The number of hydrogen-bond donors (Lipinski definition) is 1. The number of nitrogens with zero attached hydrogens (tertiary/aromatic N) is 1. The number of anilines is 1. The first-order valence-electron chi connectivity index (χ1n) is 8.91. The van der Waals surface area contributed by atoms with Gasteiger partial charge in [-0.2, -0.15) is 26.3 Å². The molecule has 0 spiro atoms. The monoisotopic (exact) mass is 469 g/mol. The van der Waals surface area contributed by atoms with Crippen molar-refractivity contribution >= 4 is 23.3 Å². The number of rotatable bonds is 7. The molecule has 0 aliphatic heterocycles. The molecule has 0 fully saturated rings. The normalized spacial score (nSPS) is 12.5. The van der Waals surface area contributed by atoms with Gasteiger partial charge in [-0.15, -0.1) is 0 Å². The van der Waals surface area contributed by atoms with Crippen LogP contribution in [0.1, 0.15) is 18.1 Å². The van der Waals surface area contributed by atoms with Crippen molar-refractivity contribution < 1.29 is 41.0 Å². The molecule has 31 heavy (non-hydrogen) atoms. The minimum atomic E-state index is -5.99. The fourth-order valence-corrected chi connectivity index (χ4v) is 3.07. The standard InChI is InChI=1S/C20H18ClF6NO3/c1-2-31-17(29)12-28(11-13-4-3-5-15(21)10-13)16-8-6-14(7-9-16)18(30,19(22,23)24)20(25,26)27/h3-10,30H,2,11-12H2,1H3. The molecule has 0 amide bonds. The van der Waals surface area contributed by atoms with E-state index in [1.54, 1.807) is 31.2 Å². The fourth-order valence-electron chi connectivity index (χ4n) is 2.86. The molecule has 0 radical (unpaired) electrons. The second kappa shape index (κ2) is 9.35. The summed E-state index contributed by atoms with van der Waals surface area (Å²) >= 11 is 5.94. The number of hydrogen-bond acceptors (Lipinski definition) is 4. The lowest BCUT2D eigenvalue weighted by molar-refractivity contribution is -0.376. The Morgan fingerprint density at radius 1 is 1.03 bits per heavy atom. The van der Waals surface area contributed by atoms with Crippen LogP contribution in [-0.4, -0.2) is 36.6 Å². The highest BCUT2D eigenvalue weighted by Crippen LogP contribution is 2.50. The molecule has 0 bridgehead atoms. The molecule has 11 heteroatoms. The van der Waals surface area contributed by atoms with E-state index in [1.165, 1.54) is 4.90 Å². The molecule has 1 N–H and O–H groups in total. The van der Waals surface area contributed by atoms with E-state index in [2.05, 4.69) is 0 Å². The summed E-state index contributed by atoms with van der Waals surface area (Å²) in [4.78, 5) is 13.3. The maximum absolute atomic E-state index is 13.1. The predicted molar refractivity (Wildman–Crippen MR) is 102 cm³/mol. The van der Waals surface area contributed by atoms with Crippen LogP contribution in [0.5, 0.6) is 0 Å². The maximum Gasteiger partial charge on any atom is 0.430 e. The summed E-state index contributed by atoms with van der Waals surface area (Å²) in [6.45, 7) is 1.43. The average molecular weight is 470 g/mol. The van der Waals surface area contributed by atoms with Gasteiger partial charge in [-0.1, -0.05) is 35.9 Å². The number of esters is 1. The van der Waals surface area contributed by atoms with Crippen molar-refractivity contribution in [3.05, 3.63) is 64.7 Å². The summed E-state index contributed by atoms with van der Waals surface area (Å²) in [5, 5.41) is 9.92. The summed E-state index contributed by atoms with van der Waals surface area (Å²) < 4.78 is 83.3. The molecule has 0 aliphatic carbocycles. The minimum absolute atomic E-state index is 0.0710. The Hall–Kier alpha value is -2.46. The van der Waals surface area contributed by atoms with Crippen molar-refractivity contribution in [3.8, 4) is 0 Å². The SMILES string of the molecule is CCOC(=O)CN(Cc1cccc(Cl)c1)c1ccc(C(O)(C(F)(F)F)C(F)(F)F)cc1. The summed E-state index contributed by atoms with van der Waals surface area (Å²) in [5.41, 5.74) is -5.64. The zero-order chi connectivity index (χ0) is 23.4. The predicted octanol–water partition coefficient (Wildman–Crippen LogP) is 5.22. The van der Waals surface area contributed by atoms with Crippen LogP contribution in [0, 0.1) is 0 Å². The van der Waals surface area contributed by atoms with E-state index in [1.807, 2.05) is 0 Å². The average Bonchev–Trinajstić information content (AvgIpc) is 2.65. The molecule has 0 atom stereocenters. The topological polar surface area (TPSA) is 49.8 Å². The van der Waals surface area contributed by atoms with Crippen molar-refractivity contribution in [2.75, 3.05) is 18.1 Å². The van der Waals surface area contributed by atoms with Gasteiger partial charge in [-0.05, 0) is 36.8 Å². The van der Waals surface area contributed by atoms with Crippen molar-refractivity contribution in [1.82, 2.24) is 0 Å². The van der Waals surface area contributed by atoms with E-state index < -0.39 is 29.5 Å². The number of alkyl halides is 6. The van der Waals surface area contributed by atoms with Gasteiger partial charge >= 0.3 is 18.3 Å². The van der Waals surface area contributed by atoms with Gasteiger partial charge in [0.15, 0.2) is 0 Å². The second-order valence-corrected chi connectivity index (χ2v) is 6.98. The van der Waals surface area contributed by atoms with Gasteiger partial charge in [0.1, 0.15) is 6.54 Å². The van der Waals surface area contributed by atoms with E-state index >= 15 is 0 Å². The highest BCUT2D eigenvalue weighted by molar-refractivity contribution is 6.30. The molecule has 0 aliphatic rings. The Kier molecular flexibility index (Phi) is 7.48. The van der Waals surface area contributed by atoms with E-state index in [0.717, 1.165) is 12.1 Å². The molecule has 0 unspecified atom stereocenters. The van der Waals surface area contributed by atoms with Gasteiger partial charge in [0, 0.05) is 22.8 Å². The van der Waals surface area contributed by atoms with Crippen LogP contribution in [0.4, 0.5) is 32.0 Å². The van der Waals surface area contributed by atoms with E-state index in [0.29, 0.717) is 22.7 Å². The number of ether oxygens (including phenoxy) is 1. The van der Waals surface area contributed by atoms with Crippen LogP contribution >= 0.6 is 11.6 Å².